The standard InChI is InChI=1S/C16H23FN2O2S2/c1-2-3-9-19(15-8-10-23(20,21)12-15)16(22)18-11-13-4-6-14(17)7-5-13/h4-7,15H,2-3,8-12H2,1H3,(H,18,22)/t15-/m0/s1. The minimum absolute atomic E-state index is 0.0419. The van der Waals surface area contributed by atoms with E-state index < -0.39 is 9.84 Å². The van der Waals surface area contributed by atoms with Crippen molar-refractivity contribution in [2.45, 2.75) is 38.8 Å². The van der Waals surface area contributed by atoms with Crippen molar-refractivity contribution in [1.29, 1.82) is 0 Å². The Hall–Kier alpha value is -1.21. The van der Waals surface area contributed by atoms with Crippen LogP contribution >= 0.6 is 12.2 Å². The summed E-state index contributed by atoms with van der Waals surface area (Å²) in [4.78, 5) is 2.01. The molecule has 0 amide bonds. The summed E-state index contributed by atoms with van der Waals surface area (Å²) in [5.41, 5.74) is 0.934. The molecule has 1 aromatic carbocycles. The van der Waals surface area contributed by atoms with E-state index in [1.165, 1.54) is 12.1 Å². The number of hydrogen-bond acceptors (Lipinski definition) is 3. The van der Waals surface area contributed by atoms with E-state index in [1.807, 2.05) is 4.90 Å². The van der Waals surface area contributed by atoms with E-state index in [9.17, 15) is 12.8 Å². The van der Waals surface area contributed by atoms with Gasteiger partial charge in [-0.05, 0) is 42.8 Å². The molecule has 128 valence electrons. The molecule has 1 N–H and O–H groups in total. The molecule has 4 nitrogen and oxygen atoms in total. The monoisotopic (exact) mass is 358 g/mol. The molecule has 1 saturated heterocycles. The summed E-state index contributed by atoms with van der Waals surface area (Å²) < 4.78 is 36.4. The predicted octanol–water partition coefficient (Wildman–Crippen LogP) is 2.49. The quantitative estimate of drug-likeness (QED) is 0.792. The second-order valence-corrected chi connectivity index (χ2v) is 8.50. The fraction of sp³-hybridized carbons (Fsp3) is 0.562. The van der Waals surface area contributed by atoms with Crippen LogP contribution in [0.25, 0.3) is 0 Å². The maximum Gasteiger partial charge on any atom is 0.169 e. The van der Waals surface area contributed by atoms with E-state index in [0.717, 1.165) is 24.9 Å². The van der Waals surface area contributed by atoms with Crippen LogP contribution in [0.3, 0.4) is 0 Å². The minimum atomic E-state index is -2.94. The van der Waals surface area contributed by atoms with Gasteiger partial charge in [0, 0.05) is 19.1 Å². The Morgan fingerprint density at radius 1 is 1.39 bits per heavy atom. The maximum absolute atomic E-state index is 12.9. The van der Waals surface area contributed by atoms with Gasteiger partial charge in [0.1, 0.15) is 5.82 Å². The van der Waals surface area contributed by atoms with Gasteiger partial charge in [-0.3, -0.25) is 0 Å². The van der Waals surface area contributed by atoms with Crippen LogP contribution in [-0.2, 0) is 16.4 Å². The van der Waals surface area contributed by atoms with Gasteiger partial charge in [0.05, 0.1) is 11.5 Å². The molecular formula is C16H23FN2O2S2. The average Bonchev–Trinajstić information content (AvgIpc) is 2.87. The van der Waals surface area contributed by atoms with Gasteiger partial charge >= 0.3 is 0 Å². The highest BCUT2D eigenvalue weighted by atomic mass is 32.2. The zero-order valence-corrected chi connectivity index (χ0v) is 14.9. The van der Waals surface area contributed by atoms with Crippen molar-refractivity contribution in [3.05, 3.63) is 35.6 Å². The van der Waals surface area contributed by atoms with Crippen molar-refractivity contribution >= 4 is 27.2 Å². The Morgan fingerprint density at radius 2 is 2.09 bits per heavy atom. The topological polar surface area (TPSA) is 49.4 Å². The van der Waals surface area contributed by atoms with E-state index >= 15 is 0 Å². The van der Waals surface area contributed by atoms with Crippen LogP contribution in [0.5, 0.6) is 0 Å². The Morgan fingerprint density at radius 3 is 2.65 bits per heavy atom. The summed E-state index contributed by atoms with van der Waals surface area (Å²) in [6.07, 6.45) is 2.62. The average molecular weight is 359 g/mol. The van der Waals surface area contributed by atoms with Gasteiger partial charge < -0.3 is 10.2 Å². The number of unbranched alkanes of at least 4 members (excludes halogenated alkanes) is 1. The molecule has 0 aromatic heterocycles. The second-order valence-electron chi connectivity index (χ2n) is 5.89. The summed E-state index contributed by atoms with van der Waals surface area (Å²) >= 11 is 5.47. The summed E-state index contributed by atoms with van der Waals surface area (Å²) in [6, 6.07) is 6.21. The lowest BCUT2D eigenvalue weighted by Gasteiger charge is -2.31. The van der Waals surface area contributed by atoms with Gasteiger partial charge in [-0.15, -0.1) is 0 Å². The molecular weight excluding hydrogens is 335 g/mol. The largest absolute Gasteiger partial charge is 0.358 e. The fourth-order valence-electron chi connectivity index (χ4n) is 2.68. The zero-order chi connectivity index (χ0) is 16.9. The third kappa shape index (κ3) is 5.42. The molecule has 1 atom stereocenters. The fourth-order valence-corrected chi connectivity index (χ4v) is 4.72. The van der Waals surface area contributed by atoms with Crippen LogP contribution in [0.4, 0.5) is 4.39 Å². The molecule has 23 heavy (non-hydrogen) atoms. The SMILES string of the molecule is CCCCN(C(=S)NCc1ccc(F)cc1)[C@H]1CCS(=O)(=O)C1. The molecule has 1 aliphatic rings. The van der Waals surface area contributed by atoms with Crippen molar-refractivity contribution in [1.82, 2.24) is 10.2 Å². The van der Waals surface area contributed by atoms with Crippen molar-refractivity contribution < 1.29 is 12.8 Å². The van der Waals surface area contributed by atoms with E-state index in [2.05, 4.69) is 12.2 Å². The van der Waals surface area contributed by atoms with Crippen molar-refractivity contribution in [2.75, 3.05) is 18.1 Å². The Bertz CT molecular complexity index is 632. The first-order valence-electron chi connectivity index (χ1n) is 7.90. The number of nitrogens with one attached hydrogen (secondary N) is 1. The molecule has 0 aliphatic carbocycles. The van der Waals surface area contributed by atoms with Crippen LogP contribution in [0, 0.1) is 5.82 Å². The molecule has 2 rings (SSSR count). The van der Waals surface area contributed by atoms with Crippen molar-refractivity contribution in [2.24, 2.45) is 0 Å². The summed E-state index contributed by atoms with van der Waals surface area (Å²) in [6.45, 7) is 3.35. The van der Waals surface area contributed by atoms with E-state index in [1.54, 1.807) is 12.1 Å². The number of thiocarbonyl (C=S) groups is 1. The first-order chi connectivity index (χ1) is 10.9. The molecule has 1 heterocycles. The molecule has 0 unspecified atom stereocenters. The van der Waals surface area contributed by atoms with Crippen LogP contribution in [0.2, 0.25) is 0 Å². The summed E-state index contributed by atoms with van der Waals surface area (Å²) in [5.74, 6) is 0.146. The van der Waals surface area contributed by atoms with Gasteiger partial charge in [-0.1, -0.05) is 25.5 Å². The Kier molecular flexibility index (Phi) is 6.35. The number of halogens is 1. The lowest BCUT2D eigenvalue weighted by Crippen LogP contribution is -2.46. The number of hydrogen-bond donors (Lipinski definition) is 1. The zero-order valence-electron chi connectivity index (χ0n) is 13.3. The molecule has 0 saturated carbocycles. The maximum atomic E-state index is 12.9. The number of sulfone groups is 1. The van der Waals surface area contributed by atoms with E-state index in [4.69, 9.17) is 12.2 Å². The van der Waals surface area contributed by atoms with Crippen molar-refractivity contribution in [3.8, 4) is 0 Å². The third-order valence-corrected chi connectivity index (χ3v) is 6.15. The molecule has 7 heteroatoms. The third-order valence-electron chi connectivity index (χ3n) is 4.02. The smallest absolute Gasteiger partial charge is 0.169 e. The van der Waals surface area contributed by atoms with Crippen LogP contribution < -0.4 is 5.32 Å². The summed E-state index contributed by atoms with van der Waals surface area (Å²) in [7, 11) is -2.94. The highest BCUT2D eigenvalue weighted by molar-refractivity contribution is 7.91. The van der Waals surface area contributed by atoms with Crippen LogP contribution in [0.15, 0.2) is 24.3 Å². The van der Waals surface area contributed by atoms with Gasteiger partial charge in [0.15, 0.2) is 14.9 Å². The number of benzene rings is 1. The lowest BCUT2D eigenvalue weighted by atomic mass is 10.2. The molecule has 1 aliphatic heterocycles. The Labute approximate surface area is 143 Å². The number of rotatable bonds is 6. The normalized spacial score (nSPS) is 19.5. The molecule has 0 radical (unpaired) electrons. The van der Waals surface area contributed by atoms with E-state index in [-0.39, 0.29) is 23.4 Å². The second kappa shape index (κ2) is 8.06. The van der Waals surface area contributed by atoms with Gasteiger partial charge in [0.25, 0.3) is 0 Å². The molecule has 1 aromatic rings. The van der Waals surface area contributed by atoms with Gasteiger partial charge in [-0.2, -0.15) is 0 Å². The predicted molar refractivity (Wildman–Crippen MR) is 94.5 cm³/mol. The lowest BCUT2D eigenvalue weighted by molar-refractivity contribution is 0.324. The van der Waals surface area contributed by atoms with Gasteiger partial charge in [0.2, 0.25) is 0 Å². The number of nitrogens with zero attached hydrogens (tertiary/aromatic N) is 1. The highest BCUT2D eigenvalue weighted by Gasteiger charge is 2.33. The first-order valence-corrected chi connectivity index (χ1v) is 10.1. The Balaban J connectivity index is 1.97. The molecule has 0 spiro atoms. The van der Waals surface area contributed by atoms with E-state index in [0.29, 0.717) is 18.1 Å². The van der Waals surface area contributed by atoms with Crippen LogP contribution in [-0.4, -0.2) is 42.5 Å². The molecule has 1 fully saturated rings. The minimum Gasteiger partial charge on any atom is -0.358 e. The van der Waals surface area contributed by atoms with Crippen molar-refractivity contribution in [3.63, 3.8) is 0 Å². The van der Waals surface area contributed by atoms with Crippen LogP contribution in [0.1, 0.15) is 31.7 Å². The molecule has 0 bridgehead atoms. The highest BCUT2D eigenvalue weighted by Crippen LogP contribution is 2.19. The van der Waals surface area contributed by atoms with Gasteiger partial charge in [-0.25, -0.2) is 12.8 Å². The first kappa shape index (κ1) is 18.1. The summed E-state index contributed by atoms with van der Waals surface area (Å²) in [5, 5.41) is 3.75.